The Balaban J connectivity index is 2.27. The second-order valence-electron chi connectivity index (χ2n) is 5.41. The summed E-state index contributed by atoms with van der Waals surface area (Å²) >= 11 is 6.24. The summed E-state index contributed by atoms with van der Waals surface area (Å²) in [7, 11) is 0. The van der Waals surface area contributed by atoms with E-state index in [1.807, 2.05) is 0 Å². The highest BCUT2D eigenvalue weighted by molar-refractivity contribution is 6.30. The molecule has 0 aromatic carbocycles. The molecule has 19 heavy (non-hydrogen) atoms. The van der Waals surface area contributed by atoms with Gasteiger partial charge in [0, 0.05) is 24.8 Å². The summed E-state index contributed by atoms with van der Waals surface area (Å²) in [5.41, 5.74) is 1.04. The van der Waals surface area contributed by atoms with E-state index in [-0.39, 0.29) is 6.61 Å². The van der Waals surface area contributed by atoms with Crippen molar-refractivity contribution in [3.63, 3.8) is 0 Å². The number of aliphatic hydroxyl groups is 1. The maximum absolute atomic E-state index is 9.01. The van der Waals surface area contributed by atoms with Gasteiger partial charge < -0.3 is 10.0 Å². The highest BCUT2D eigenvalue weighted by Gasteiger charge is 2.28. The number of aliphatic hydroxyl groups excluding tert-OH is 1. The summed E-state index contributed by atoms with van der Waals surface area (Å²) in [6.45, 7) is 5.51. The molecule has 1 aliphatic rings. The smallest absolute Gasteiger partial charge is 0.138 e. The first kappa shape index (κ1) is 14.5. The molecule has 0 spiro atoms. The molecule has 0 saturated carbocycles. The zero-order valence-corrected chi connectivity index (χ0v) is 12.4. The molecular formula is C14H22ClN3O. The van der Waals surface area contributed by atoms with Gasteiger partial charge in [-0.25, -0.2) is 9.97 Å². The molecule has 0 amide bonds. The van der Waals surface area contributed by atoms with Crippen molar-refractivity contribution in [3.05, 3.63) is 17.0 Å². The normalized spacial score (nSPS) is 19.4. The highest BCUT2D eigenvalue weighted by atomic mass is 35.5. The van der Waals surface area contributed by atoms with E-state index in [9.17, 15) is 0 Å². The first-order valence-corrected chi connectivity index (χ1v) is 7.40. The molecule has 1 N–H and O–H groups in total. The van der Waals surface area contributed by atoms with Crippen molar-refractivity contribution in [2.45, 2.75) is 51.5 Å². The summed E-state index contributed by atoms with van der Waals surface area (Å²) in [5.74, 6) is 1.29. The minimum Gasteiger partial charge on any atom is -0.396 e. The molecule has 0 radical (unpaired) electrons. The maximum Gasteiger partial charge on any atom is 0.138 e. The molecule has 0 bridgehead atoms. The molecule has 0 aliphatic carbocycles. The van der Waals surface area contributed by atoms with Crippen LogP contribution in [0, 0.1) is 0 Å². The number of anilines is 1. The van der Waals surface area contributed by atoms with Crippen LogP contribution in [0.4, 0.5) is 5.82 Å². The van der Waals surface area contributed by atoms with E-state index in [1.165, 1.54) is 12.8 Å². The van der Waals surface area contributed by atoms with Gasteiger partial charge in [0.25, 0.3) is 0 Å². The Morgan fingerprint density at radius 3 is 2.95 bits per heavy atom. The first-order valence-electron chi connectivity index (χ1n) is 7.03. The van der Waals surface area contributed by atoms with Gasteiger partial charge in [0.15, 0.2) is 0 Å². The maximum atomic E-state index is 9.01. The number of hydrogen-bond acceptors (Lipinski definition) is 4. The standard InChI is InChI=1S/C14H22ClN3O/c1-10(2)12-13(15)16-9-17-14(12)18-7-3-5-11(18)6-4-8-19/h9-11,19H,3-8H2,1-2H3. The molecule has 1 unspecified atom stereocenters. The Hall–Kier alpha value is -0.870. The lowest BCUT2D eigenvalue weighted by atomic mass is 10.0. The van der Waals surface area contributed by atoms with E-state index in [4.69, 9.17) is 16.7 Å². The van der Waals surface area contributed by atoms with Gasteiger partial charge in [-0.2, -0.15) is 0 Å². The van der Waals surface area contributed by atoms with Gasteiger partial charge in [0.1, 0.15) is 17.3 Å². The first-order chi connectivity index (χ1) is 9.15. The second kappa shape index (κ2) is 6.53. The van der Waals surface area contributed by atoms with Gasteiger partial charge in [-0.1, -0.05) is 25.4 Å². The van der Waals surface area contributed by atoms with Crippen molar-refractivity contribution >= 4 is 17.4 Å². The van der Waals surface area contributed by atoms with Crippen LogP contribution in [0.5, 0.6) is 0 Å². The molecule has 106 valence electrons. The van der Waals surface area contributed by atoms with Crippen molar-refractivity contribution in [3.8, 4) is 0 Å². The largest absolute Gasteiger partial charge is 0.396 e. The number of nitrogens with zero attached hydrogens (tertiary/aromatic N) is 3. The van der Waals surface area contributed by atoms with Gasteiger partial charge in [-0.15, -0.1) is 0 Å². The van der Waals surface area contributed by atoms with Crippen molar-refractivity contribution < 1.29 is 5.11 Å². The number of hydrogen-bond donors (Lipinski definition) is 1. The van der Waals surface area contributed by atoms with Gasteiger partial charge in [-0.05, 0) is 31.6 Å². The average Bonchev–Trinajstić information content (AvgIpc) is 2.83. The molecule has 2 heterocycles. The predicted octanol–water partition coefficient (Wildman–Crippen LogP) is 2.99. The quantitative estimate of drug-likeness (QED) is 0.844. The van der Waals surface area contributed by atoms with Gasteiger partial charge in [0.05, 0.1) is 0 Å². The van der Waals surface area contributed by atoms with Crippen molar-refractivity contribution in [2.24, 2.45) is 0 Å². The van der Waals surface area contributed by atoms with Crippen LogP contribution in [0.1, 0.15) is 51.0 Å². The lowest BCUT2D eigenvalue weighted by Gasteiger charge is -2.28. The Morgan fingerprint density at radius 2 is 2.26 bits per heavy atom. The number of rotatable bonds is 5. The number of halogens is 1. The molecule has 2 rings (SSSR count). The van der Waals surface area contributed by atoms with Gasteiger partial charge >= 0.3 is 0 Å². The fourth-order valence-corrected chi connectivity index (χ4v) is 3.18. The van der Waals surface area contributed by atoms with Crippen LogP contribution in [0.2, 0.25) is 5.15 Å². The van der Waals surface area contributed by atoms with Crippen LogP contribution in [-0.2, 0) is 0 Å². The minimum atomic E-state index is 0.256. The van der Waals surface area contributed by atoms with Gasteiger partial charge in [0.2, 0.25) is 0 Å². The fourth-order valence-electron chi connectivity index (χ4n) is 2.83. The third kappa shape index (κ3) is 3.18. The lowest BCUT2D eigenvalue weighted by Crippen LogP contribution is -2.31. The van der Waals surface area contributed by atoms with Crippen molar-refractivity contribution in [2.75, 3.05) is 18.1 Å². The molecule has 1 atom stereocenters. The molecule has 1 saturated heterocycles. The Morgan fingerprint density at radius 1 is 1.47 bits per heavy atom. The average molecular weight is 284 g/mol. The van der Waals surface area contributed by atoms with Gasteiger partial charge in [-0.3, -0.25) is 0 Å². The zero-order chi connectivity index (χ0) is 13.8. The van der Waals surface area contributed by atoms with E-state index >= 15 is 0 Å². The Labute approximate surface area is 119 Å². The zero-order valence-electron chi connectivity index (χ0n) is 11.6. The minimum absolute atomic E-state index is 0.256. The Kier molecular flexibility index (Phi) is 4.99. The third-order valence-corrected chi connectivity index (χ3v) is 4.04. The molecule has 1 fully saturated rings. The summed E-state index contributed by atoms with van der Waals surface area (Å²) in [4.78, 5) is 10.9. The van der Waals surface area contributed by atoms with E-state index in [2.05, 4.69) is 28.7 Å². The van der Waals surface area contributed by atoms with E-state index < -0.39 is 0 Å². The fraction of sp³-hybridized carbons (Fsp3) is 0.714. The van der Waals surface area contributed by atoms with E-state index in [0.29, 0.717) is 17.1 Å². The van der Waals surface area contributed by atoms with Crippen LogP contribution in [0.25, 0.3) is 0 Å². The SMILES string of the molecule is CC(C)c1c(Cl)ncnc1N1CCCC1CCCO. The molecule has 1 aromatic heterocycles. The molecule has 1 aromatic rings. The summed E-state index contributed by atoms with van der Waals surface area (Å²) < 4.78 is 0. The second-order valence-corrected chi connectivity index (χ2v) is 5.77. The van der Waals surface area contributed by atoms with Crippen LogP contribution in [0.3, 0.4) is 0 Å². The Bertz CT molecular complexity index is 425. The molecule has 4 nitrogen and oxygen atoms in total. The van der Waals surface area contributed by atoms with E-state index in [1.54, 1.807) is 6.33 Å². The van der Waals surface area contributed by atoms with E-state index in [0.717, 1.165) is 30.8 Å². The highest BCUT2D eigenvalue weighted by Crippen LogP contribution is 2.35. The lowest BCUT2D eigenvalue weighted by molar-refractivity contribution is 0.279. The molecule has 5 heteroatoms. The number of aromatic nitrogens is 2. The van der Waals surface area contributed by atoms with Crippen LogP contribution in [-0.4, -0.2) is 34.3 Å². The van der Waals surface area contributed by atoms with Crippen molar-refractivity contribution in [1.29, 1.82) is 0 Å². The monoisotopic (exact) mass is 283 g/mol. The molecule has 1 aliphatic heterocycles. The molecular weight excluding hydrogens is 262 g/mol. The predicted molar refractivity (Wildman–Crippen MR) is 77.8 cm³/mol. The third-order valence-electron chi connectivity index (χ3n) is 3.74. The van der Waals surface area contributed by atoms with Crippen LogP contribution in [0.15, 0.2) is 6.33 Å². The summed E-state index contributed by atoms with van der Waals surface area (Å²) in [6.07, 6.45) is 5.74. The van der Waals surface area contributed by atoms with Crippen molar-refractivity contribution in [1.82, 2.24) is 9.97 Å². The van der Waals surface area contributed by atoms with Crippen LogP contribution >= 0.6 is 11.6 Å². The summed E-state index contributed by atoms with van der Waals surface area (Å²) in [5, 5.41) is 9.57. The topological polar surface area (TPSA) is 49.2 Å². The van der Waals surface area contributed by atoms with Crippen LogP contribution < -0.4 is 4.90 Å². The summed E-state index contributed by atoms with van der Waals surface area (Å²) in [6, 6.07) is 0.468.